The van der Waals surface area contributed by atoms with Crippen LogP contribution in [-0.4, -0.2) is 27.6 Å². The van der Waals surface area contributed by atoms with Gasteiger partial charge in [0.05, 0.1) is 17.6 Å². The first kappa shape index (κ1) is 17.3. The van der Waals surface area contributed by atoms with Crippen molar-refractivity contribution in [2.75, 3.05) is 4.90 Å². The summed E-state index contributed by atoms with van der Waals surface area (Å²) >= 11 is 0. The number of benzene rings is 2. The Morgan fingerprint density at radius 2 is 1.64 bits per heavy atom. The lowest BCUT2D eigenvalue weighted by Crippen LogP contribution is -2.54. The van der Waals surface area contributed by atoms with Gasteiger partial charge < -0.3 is 0 Å². The highest BCUT2D eigenvalue weighted by Gasteiger charge is 2.36. The van der Waals surface area contributed by atoms with E-state index < -0.39 is 23.7 Å². The number of imide groups is 2. The molecule has 0 unspecified atom stereocenters. The first-order chi connectivity index (χ1) is 13.5. The molecule has 0 aliphatic carbocycles. The second-order valence-corrected chi connectivity index (χ2v) is 5.99. The standard InChI is InChI=1S/C20H13FN4O3/c21-14-6-8-16(9-7-14)25-19(27)17(18(26)23-20(25)28)10-13-11-22-24(12-13)15-4-2-1-3-5-15/h1-12H,(H,23,26,28)/b17-10+. The summed E-state index contributed by atoms with van der Waals surface area (Å²) in [6.07, 6.45) is 4.51. The number of amides is 4. The van der Waals surface area contributed by atoms with Crippen LogP contribution in [0.5, 0.6) is 0 Å². The van der Waals surface area contributed by atoms with E-state index in [9.17, 15) is 18.8 Å². The predicted molar refractivity (Wildman–Crippen MR) is 99.0 cm³/mol. The summed E-state index contributed by atoms with van der Waals surface area (Å²) < 4.78 is 14.7. The summed E-state index contributed by atoms with van der Waals surface area (Å²) in [4.78, 5) is 37.9. The van der Waals surface area contributed by atoms with E-state index in [1.807, 2.05) is 30.3 Å². The molecule has 2 aromatic carbocycles. The van der Waals surface area contributed by atoms with Crippen molar-refractivity contribution in [3.63, 3.8) is 0 Å². The average molecular weight is 376 g/mol. The Labute approximate surface area is 158 Å². The molecule has 1 saturated heterocycles. The molecule has 2 heterocycles. The Morgan fingerprint density at radius 1 is 0.929 bits per heavy atom. The second-order valence-electron chi connectivity index (χ2n) is 5.99. The number of halogens is 1. The zero-order valence-corrected chi connectivity index (χ0v) is 14.4. The van der Waals surface area contributed by atoms with Gasteiger partial charge in [-0.2, -0.15) is 5.10 Å². The van der Waals surface area contributed by atoms with Crippen molar-refractivity contribution in [3.05, 3.63) is 83.9 Å². The Kier molecular flexibility index (Phi) is 4.29. The second kappa shape index (κ2) is 6.92. The summed E-state index contributed by atoms with van der Waals surface area (Å²) in [5.74, 6) is -2.11. The van der Waals surface area contributed by atoms with Crippen LogP contribution in [0.25, 0.3) is 11.8 Å². The third-order valence-corrected chi connectivity index (χ3v) is 4.12. The van der Waals surface area contributed by atoms with Crippen molar-refractivity contribution in [1.82, 2.24) is 15.1 Å². The first-order valence-corrected chi connectivity index (χ1v) is 8.30. The van der Waals surface area contributed by atoms with Crippen molar-refractivity contribution in [1.29, 1.82) is 0 Å². The van der Waals surface area contributed by atoms with Gasteiger partial charge >= 0.3 is 6.03 Å². The number of carbonyl (C=O) groups excluding carboxylic acids is 3. The summed E-state index contributed by atoms with van der Waals surface area (Å²) in [7, 11) is 0. The van der Waals surface area contributed by atoms with Gasteiger partial charge in [0.25, 0.3) is 11.8 Å². The third kappa shape index (κ3) is 3.18. The third-order valence-electron chi connectivity index (χ3n) is 4.12. The van der Waals surface area contributed by atoms with E-state index in [2.05, 4.69) is 10.4 Å². The van der Waals surface area contributed by atoms with E-state index in [1.165, 1.54) is 24.4 Å². The molecule has 4 rings (SSSR count). The van der Waals surface area contributed by atoms with Crippen molar-refractivity contribution in [2.24, 2.45) is 0 Å². The minimum Gasteiger partial charge on any atom is -0.273 e. The zero-order valence-electron chi connectivity index (χ0n) is 14.4. The molecule has 7 nitrogen and oxygen atoms in total. The number of anilines is 1. The molecule has 1 fully saturated rings. The molecule has 1 aliphatic rings. The van der Waals surface area contributed by atoms with Gasteiger partial charge in [-0.25, -0.2) is 18.8 Å². The van der Waals surface area contributed by atoms with Gasteiger partial charge in [0.2, 0.25) is 0 Å². The van der Waals surface area contributed by atoms with Gasteiger partial charge in [0.1, 0.15) is 11.4 Å². The van der Waals surface area contributed by atoms with Crippen LogP contribution in [0.1, 0.15) is 5.56 Å². The molecule has 4 amide bonds. The number of urea groups is 1. The van der Waals surface area contributed by atoms with Crippen molar-refractivity contribution < 1.29 is 18.8 Å². The van der Waals surface area contributed by atoms with Gasteiger partial charge in [-0.3, -0.25) is 14.9 Å². The largest absolute Gasteiger partial charge is 0.335 e. The molecule has 0 radical (unpaired) electrons. The minimum atomic E-state index is -0.890. The van der Waals surface area contributed by atoms with Crippen LogP contribution in [0.3, 0.4) is 0 Å². The number of para-hydroxylation sites is 1. The molecule has 28 heavy (non-hydrogen) atoms. The fourth-order valence-electron chi connectivity index (χ4n) is 2.78. The maximum Gasteiger partial charge on any atom is 0.335 e. The van der Waals surface area contributed by atoms with Crippen LogP contribution in [0, 0.1) is 5.82 Å². The Balaban J connectivity index is 1.67. The average Bonchev–Trinajstić information content (AvgIpc) is 3.16. The van der Waals surface area contributed by atoms with Crippen LogP contribution in [0.4, 0.5) is 14.9 Å². The maximum absolute atomic E-state index is 13.1. The van der Waals surface area contributed by atoms with E-state index in [-0.39, 0.29) is 11.3 Å². The summed E-state index contributed by atoms with van der Waals surface area (Å²) in [5.41, 5.74) is 1.25. The molecule has 0 spiro atoms. The number of barbiturate groups is 1. The number of carbonyl (C=O) groups is 3. The fourth-order valence-corrected chi connectivity index (χ4v) is 2.78. The van der Waals surface area contributed by atoms with E-state index in [4.69, 9.17) is 0 Å². The van der Waals surface area contributed by atoms with E-state index in [1.54, 1.807) is 10.9 Å². The lowest BCUT2D eigenvalue weighted by molar-refractivity contribution is -0.122. The highest BCUT2D eigenvalue weighted by atomic mass is 19.1. The highest BCUT2D eigenvalue weighted by Crippen LogP contribution is 2.22. The summed E-state index contributed by atoms with van der Waals surface area (Å²) in [5, 5.41) is 6.33. The smallest absolute Gasteiger partial charge is 0.273 e. The molecule has 1 aromatic heterocycles. The molecule has 0 atom stereocenters. The van der Waals surface area contributed by atoms with Gasteiger partial charge in [0.15, 0.2) is 0 Å². The van der Waals surface area contributed by atoms with Crippen molar-refractivity contribution in [2.45, 2.75) is 0 Å². The van der Waals surface area contributed by atoms with Crippen LogP contribution in [0.15, 0.2) is 72.6 Å². The normalized spacial score (nSPS) is 15.8. The maximum atomic E-state index is 13.1. The topological polar surface area (TPSA) is 84.3 Å². The monoisotopic (exact) mass is 376 g/mol. The fraction of sp³-hybridized carbons (Fsp3) is 0. The number of nitrogens with zero attached hydrogens (tertiary/aromatic N) is 3. The Morgan fingerprint density at radius 3 is 2.36 bits per heavy atom. The Hall–Kier alpha value is -4.07. The van der Waals surface area contributed by atoms with Crippen LogP contribution >= 0.6 is 0 Å². The lowest BCUT2D eigenvalue weighted by atomic mass is 10.1. The van der Waals surface area contributed by atoms with Gasteiger partial charge in [-0.05, 0) is 42.5 Å². The SMILES string of the molecule is O=C1NC(=O)N(c2ccc(F)cc2)C(=O)/C1=C/c1cnn(-c2ccccc2)c1. The minimum absolute atomic E-state index is 0.155. The molecular formula is C20H13FN4O3. The van der Waals surface area contributed by atoms with Crippen LogP contribution in [0.2, 0.25) is 0 Å². The number of nitrogens with one attached hydrogen (secondary N) is 1. The van der Waals surface area contributed by atoms with E-state index in [0.717, 1.165) is 22.7 Å². The van der Waals surface area contributed by atoms with E-state index >= 15 is 0 Å². The van der Waals surface area contributed by atoms with Crippen molar-refractivity contribution >= 4 is 29.6 Å². The molecule has 1 N–H and O–H groups in total. The number of aromatic nitrogens is 2. The molecule has 1 aliphatic heterocycles. The molecule has 0 bridgehead atoms. The Bertz CT molecular complexity index is 1100. The molecule has 8 heteroatoms. The van der Waals surface area contributed by atoms with E-state index in [0.29, 0.717) is 5.56 Å². The van der Waals surface area contributed by atoms with Crippen LogP contribution in [-0.2, 0) is 9.59 Å². The van der Waals surface area contributed by atoms with Crippen LogP contribution < -0.4 is 10.2 Å². The summed E-state index contributed by atoms with van der Waals surface area (Å²) in [6.45, 7) is 0. The molecule has 138 valence electrons. The van der Waals surface area contributed by atoms with Gasteiger partial charge in [-0.1, -0.05) is 18.2 Å². The molecule has 0 saturated carbocycles. The number of hydrogen-bond acceptors (Lipinski definition) is 4. The zero-order chi connectivity index (χ0) is 19.7. The highest BCUT2D eigenvalue weighted by molar-refractivity contribution is 6.39. The predicted octanol–water partition coefficient (Wildman–Crippen LogP) is 2.68. The van der Waals surface area contributed by atoms with Gasteiger partial charge in [0, 0.05) is 11.8 Å². The quantitative estimate of drug-likeness (QED) is 0.563. The summed E-state index contributed by atoms with van der Waals surface area (Å²) in [6, 6.07) is 13.2. The van der Waals surface area contributed by atoms with Gasteiger partial charge in [-0.15, -0.1) is 0 Å². The number of hydrogen-bond donors (Lipinski definition) is 1. The molecular weight excluding hydrogens is 363 g/mol. The first-order valence-electron chi connectivity index (χ1n) is 8.30. The van der Waals surface area contributed by atoms with Crippen molar-refractivity contribution in [3.8, 4) is 5.69 Å². The molecule has 3 aromatic rings. The lowest BCUT2D eigenvalue weighted by Gasteiger charge is -2.26. The number of rotatable bonds is 3.